The number of anilines is 1. The van der Waals surface area contributed by atoms with Crippen molar-refractivity contribution < 1.29 is 4.79 Å². The minimum atomic E-state index is 0.122. The fraction of sp³-hybridized carbons (Fsp3) is 0.200. The average Bonchev–Trinajstić information content (AvgIpc) is 3.13. The Morgan fingerprint density at radius 1 is 1.40 bits per heavy atom. The van der Waals surface area contributed by atoms with Gasteiger partial charge in [-0.05, 0) is 36.1 Å². The van der Waals surface area contributed by atoms with Crippen LogP contribution in [0.15, 0.2) is 42.0 Å². The van der Waals surface area contributed by atoms with Crippen LogP contribution in [0.25, 0.3) is 11.0 Å². The summed E-state index contributed by atoms with van der Waals surface area (Å²) in [6, 6.07) is 9.87. The normalized spacial score (nSPS) is 10.8. The van der Waals surface area contributed by atoms with Gasteiger partial charge in [-0.2, -0.15) is 0 Å². The van der Waals surface area contributed by atoms with E-state index in [1.54, 1.807) is 22.6 Å². The van der Waals surface area contributed by atoms with Crippen molar-refractivity contribution in [1.82, 2.24) is 9.97 Å². The molecule has 0 spiro atoms. The molecule has 4 nitrogen and oxygen atoms in total. The van der Waals surface area contributed by atoms with Crippen LogP contribution in [0.3, 0.4) is 0 Å². The molecule has 0 bridgehead atoms. The first-order chi connectivity index (χ1) is 9.74. The molecule has 0 radical (unpaired) electrons. The van der Waals surface area contributed by atoms with Crippen LogP contribution < -0.4 is 4.90 Å². The van der Waals surface area contributed by atoms with Crippen LogP contribution in [-0.2, 0) is 11.2 Å². The molecule has 0 fully saturated rings. The molecule has 102 valence electrons. The summed E-state index contributed by atoms with van der Waals surface area (Å²) in [4.78, 5) is 22.4. The van der Waals surface area contributed by atoms with Crippen LogP contribution in [0.5, 0.6) is 0 Å². The molecule has 2 heterocycles. The monoisotopic (exact) mass is 285 g/mol. The number of rotatable bonds is 4. The summed E-state index contributed by atoms with van der Waals surface area (Å²) in [6.45, 7) is 0. The molecule has 0 unspecified atom stereocenters. The highest BCUT2D eigenvalue weighted by molar-refractivity contribution is 7.09. The highest BCUT2D eigenvalue weighted by Gasteiger charge is 2.12. The Labute approximate surface area is 121 Å². The fourth-order valence-electron chi connectivity index (χ4n) is 2.13. The zero-order valence-electron chi connectivity index (χ0n) is 11.2. The number of aryl methyl sites for hydroxylation is 1. The first-order valence-electron chi connectivity index (χ1n) is 6.46. The standard InChI is InChI=1S/C15H15N3OS/c1-18(15(19)7-5-12-3-2-8-20-12)11-4-6-13-14(9-11)17-10-16-13/h2-4,6,8-10H,5,7H2,1H3,(H,16,17). The molecule has 5 heteroatoms. The fourth-order valence-corrected chi connectivity index (χ4v) is 2.84. The maximum Gasteiger partial charge on any atom is 0.227 e. The number of imidazole rings is 1. The Morgan fingerprint density at radius 3 is 3.10 bits per heavy atom. The van der Waals surface area contributed by atoms with E-state index in [9.17, 15) is 4.79 Å². The number of fused-ring (bicyclic) bond motifs is 1. The molecular weight excluding hydrogens is 270 g/mol. The van der Waals surface area contributed by atoms with E-state index in [-0.39, 0.29) is 5.91 Å². The van der Waals surface area contributed by atoms with E-state index in [4.69, 9.17) is 0 Å². The largest absolute Gasteiger partial charge is 0.345 e. The zero-order chi connectivity index (χ0) is 13.9. The molecule has 2 aromatic heterocycles. The van der Waals surface area contributed by atoms with Gasteiger partial charge in [0.15, 0.2) is 0 Å². The van der Waals surface area contributed by atoms with Gasteiger partial charge in [-0.25, -0.2) is 4.98 Å². The van der Waals surface area contributed by atoms with Crippen LogP contribution in [0, 0.1) is 0 Å². The number of aromatic nitrogens is 2. The van der Waals surface area contributed by atoms with Crippen LogP contribution in [-0.4, -0.2) is 22.9 Å². The number of thiophene rings is 1. The first kappa shape index (κ1) is 12.9. The average molecular weight is 285 g/mol. The molecule has 0 saturated heterocycles. The van der Waals surface area contributed by atoms with Crippen LogP contribution >= 0.6 is 11.3 Å². The topological polar surface area (TPSA) is 49.0 Å². The molecule has 3 aromatic rings. The van der Waals surface area contributed by atoms with Gasteiger partial charge in [0.05, 0.1) is 17.4 Å². The number of benzene rings is 1. The summed E-state index contributed by atoms with van der Waals surface area (Å²) in [7, 11) is 1.81. The lowest BCUT2D eigenvalue weighted by atomic mass is 10.2. The molecule has 3 rings (SSSR count). The first-order valence-corrected chi connectivity index (χ1v) is 7.34. The third kappa shape index (κ3) is 2.58. The van der Waals surface area contributed by atoms with Crippen molar-refractivity contribution in [3.8, 4) is 0 Å². The lowest BCUT2D eigenvalue weighted by molar-refractivity contribution is -0.118. The molecule has 1 aromatic carbocycles. The van der Waals surface area contributed by atoms with Crippen molar-refractivity contribution >= 4 is 34.0 Å². The van der Waals surface area contributed by atoms with Gasteiger partial charge in [0.1, 0.15) is 0 Å². The Hall–Kier alpha value is -2.14. The molecule has 0 saturated carbocycles. The van der Waals surface area contributed by atoms with E-state index >= 15 is 0 Å². The van der Waals surface area contributed by atoms with E-state index in [0.29, 0.717) is 6.42 Å². The van der Waals surface area contributed by atoms with Crippen molar-refractivity contribution in [3.63, 3.8) is 0 Å². The van der Waals surface area contributed by atoms with Crippen LogP contribution in [0.1, 0.15) is 11.3 Å². The Bertz CT molecular complexity index is 718. The van der Waals surface area contributed by atoms with E-state index < -0.39 is 0 Å². The van der Waals surface area contributed by atoms with Crippen molar-refractivity contribution in [2.24, 2.45) is 0 Å². The maximum atomic E-state index is 12.2. The van der Waals surface area contributed by atoms with E-state index in [1.807, 2.05) is 36.7 Å². The SMILES string of the molecule is CN(C(=O)CCc1cccs1)c1ccc2nc[nH]c2c1. The molecule has 0 atom stereocenters. The second kappa shape index (κ2) is 5.46. The van der Waals surface area contributed by atoms with Gasteiger partial charge in [-0.15, -0.1) is 11.3 Å². The van der Waals surface area contributed by atoms with Crippen molar-refractivity contribution in [3.05, 3.63) is 46.9 Å². The predicted octanol–water partition coefficient (Wildman–Crippen LogP) is 3.22. The van der Waals surface area contributed by atoms with E-state index in [0.717, 1.165) is 23.1 Å². The van der Waals surface area contributed by atoms with Gasteiger partial charge in [0.25, 0.3) is 0 Å². The minimum absolute atomic E-state index is 0.122. The Morgan fingerprint density at radius 2 is 2.30 bits per heavy atom. The van der Waals surface area contributed by atoms with Gasteiger partial charge < -0.3 is 9.88 Å². The molecule has 0 aliphatic carbocycles. The van der Waals surface area contributed by atoms with Gasteiger partial charge in [-0.1, -0.05) is 6.07 Å². The predicted molar refractivity (Wildman–Crippen MR) is 82.1 cm³/mol. The molecule has 20 heavy (non-hydrogen) atoms. The molecule has 1 amide bonds. The minimum Gasteiger partial charge on any atom is -0.345 e. The lowest BCUT2D eigenvalue weighted by Crippen LogP contribution is -2.26. The zero-order valence-corrected chi connectivity index (χ0v) is 12.0. The summed E-state index contributed by atoms with van der Waals surface area (Å²) >= 11 is 1.69. The molecule has 0 aliphatic heterocycles. The third-order valence-corrected chi connectivity index (χ3v) is 4.27. The Balaban J connectivity index is 1.70. The summed E-state index contributed by atoms with van der Waals surface area (Å²) in [5, 5.41) is 2.04. The molecule has 0 aliphatic rings. The quantitative estimate of drug-likeness (QED) is 0.800. The summed E-state index contributed by atoms with van der Waals surface area (Å²) in [5.41, 5.74) is 2.74. The number of aromatic amines is 1. The number of amides is 1. The van der Waals surface area contributed by atoms with Crippen molar-refractivity contribution in [2.45, 2.75) is 12.8 Å². The van der Waals surface area contributed by atoms with Gasteiger partial charge in [-0.3, -0.25) is 4.79 Å². The second-order valence-corrected chi connectivity index (χ2v) is 5.67. The number of nitrogens with zero attached hydrogens (tertiary/aromatic N) is 2. The van der Waals surface area contributed by atoms with E-state index in [2.05, 4.69) is 16.0 Å². The molecular formula is C15H15N3OS. The summed E-state index contributed by atoms with van der Waals surface area (Å²) in [5.74, 6) is 0.122. The van der Waals surface area contributed by atoms with Gasteiger partial charge in [0.2, 0.25) is 5.91 Å². The van der Waals surface area contributed by atoms with Crippen molar-refractivity contribution in [1.29, 1.82) is 0 Å². The number of carbonyl (C=O) groups is 1. The maximum absolute atomic E-state index is 12.2. The van der Waals surface area contributed by atoms with Crippen LogP contribution in [0.4, 0.5) is 5.69 Å². The summed E-state index contributed by atoms with van der Waals surface area (Å²) in [6.07, 6.45) is 2.98. The van der Waals surface area contributed by atoms with Gasteiger partial charge in [0, 0.05) is 24.0 Å². The van der Waals surface area contributed by atoms with Crippen molar-refractivity contribution in [2.75, 3.05) is 11.9 Å². The third-order valence-electron chi connectivity index (χ3n) is 3.33. The Kier molecular flexibility index (Phi) is 3.52. The number of hydrogen-bond donors (Lipinski definition) is 1. The lowest BCUT2D eigenvalue weighted by Gasteiger charge is -2.17. The molecule has 1 N–H and O–H groups in total. The number of H-pyrrole nitrogens is 1. The summed E-state index contributed by atoms with van der Waals surface area (Å²) < 4.78 is 0. The van der Waals surface area contributed by atoms with Gasteiger partial charge >= 0.3 is 0 Å². The highest BCUT2D eigenvalue weighted by atomic mass is 32.1. The smallest absolute Gasteiger partial charge is 0.227 e. The highest BCUT2D eigenvalue weighted by Crippen LogP contribution is 2.20. The second-order valence-electron chi connectivity index (χ2n) is 4.64. The van der Waals surface area contributed by atoms with E-state index in [1.165, 1.54) is 4.88 Å². The number of carbonyl (C=O) groups excluding carboxylic acids is 1. The van der Waals surface area contributed by atoms with Crippen LogP contribution in [0.2, 0.25) is 0 Å². The number of hydrogen-bond acceptors (Lipinski definition) is 3. The number of nitrogens with one attached hydrogen (secondary N) is 1.